The van der Waals surface area contributed by atoms with Gasteiger partial charge < -0.3 is 14.7 Å². The van der Waals surface area contributed by atoms with E-state index in [4.69, 9.17) is 16.3 Å². The zero-order chi connectivity index (χ0) is 21.8. The number of nitrogens with zero attached hydrogens (tertiary/aromatic N) is 1. The summed E-state index contributed by atoms with van der Waals surface area (Å²) in [5.74, 6) is -1.53. The average Bonchev–Trinajstić information content (AvgIpc) is 2.96. The van der Waals surface area contributed by atoms with Crippen molar-refractivity contribution in [3.05, 3.63) is 74.7 Å². The number of benzene rings is 2. The molecule has 1 heterocycles. The summed E-state index contributed by atoms with van der Waals surface area (Å²) in [6.45, 7) is 4.70. The standard InChI is InChI=1S/C23H23BrClNO4/c1-14(2)30-12-4-11-26-20(16-5-3-6-17(24)13-16)19(22(28)23(26)29)21(27)15-7-9-18(25)10-8-15/h3,5-10,13-14,20,27H,4,11-12H2,1-2H3/t20-/m1/s1. The number of Topliss-reactive ketones (excluding diaryl/α,β-unsaturated/α-hetero) is 1. The van der Waals surface area contributed by atoms with Crippen LogP contribution in [0.2, 0.25) is 5.02 Å². The fourth-order valence-electron chi connectivity index (χ4n) is 3.45. The lowest BCUT2D eigenvalue weighted by atomic mass is 9.95. The van der Waals surface area contributed by atoms with Crippen LogP contribution in [0.4, 0.5) is 0 Å². The summed E-state index contributed by atoms with van der Waals surface area (Å²) in [5.41, 5.74) is 1.25. The maximum absolute atomic E-state index is 12.9. The Balaban J connectivity index is 2.03. The fraction of sp³-hybridized carbons (Fsp3) is 0.304. The molecule has 1 aliphatic heterocycles. The number of carbonyl (C=O) groups is 2. The van der Waals surface area contributed by atoms with Gasteiger partial charge in [-0.3, -0.25) is 9.59 Å². The molecule has 1 aliphatic rings. The van der Waals surface area contributed by atoms with Crippen LogP contribution in [-0.2, 0) is 14.3 Å². The lowest BCUT2D eigenvalue weighted by Gasteiger charge is -2.25. The lowest BCUT2D eigenvalue weighted by Crippen LogP contribution is -2.31. The third-order valence-corrected chi connectivity index (χ3v) is 5.56. The maximum Gasteiger partial charge on any atom is 0.295 e. The second kappa shape index (κ2) is 9.77. The minimum Gasteiger partial charge on any atom is -0.507 e. The first-order valence-corrected chi connectivity index (χ1v) is 10.9. The first-order valence-electron chi connectivity index (χ1n) is 9.71. The van der Waals surface area contributed by atoms with Crippen molar-refractivity contribution < 1.29 is 19.4 Å². The highest BCUT2D eigenvalue weighted by Gasteiger charge is 2.45. The largest absolute Gasteiger partial charge is 0.507 e. The first kappa shape index (κ1) is 22.5. The van der Waals surface area contributed by atoms with Crippen molar-refractivity contribution in [3.63, 3.8) is 0 Å². The topological polar surface area (TPSA) is 66.8 Å². The average molecular weight is 493 g/mol. The van der Waals surface area contributed by atoms with Crippen molar-refractivity contribution in [2.24, 2.45) is 0 Å². The van der Waals surface area contributed by atoms with Crippen LogP contribution >= 0.6 is 27.5 Å². The second-order valence-electron chi connectivity index (χ2n) is 7.33. The Hall–Kier alpha value is -2.15. The Kier molecular flexibility index (Phi) is 7.34. The molecule has 158 valence electrons. The third-order valence-electron chi connectivity index (χ3n) is 4.82. The molecule has 3 rings (SSSR count). The van der Waals surface area contributed by atoms with Gasteiger partial charge in [-0.05, 0) is 62.2 Å². The molecule has 1 N–H and O–H groups in total. The van der Waals surface area contributed by atoms with Gasteiger partial charge in [0.15, 0.2) is 0 Å². The number of likely N-dealkylation sites (tertiary alicyclic amines) is 1. The molecule has 0 aliphatic carbocycles. The Morgan fingerprint density at radius 1 is 1.20 bits per heavy atom. The number of carbonyl (C=O) groups excluding carboxylic acids is 2. The molecule has 0 unspecified atom stereocenters. The second-order valence-corrected chi connectivity index (χ2v) is 8.68. The van der Waals surface area contributed by atoms with E-state index in [2.05, 4.69) is 15.9 Å². The van der Waals surface area contributed by atoms with Crippen LogP contribution in [0, 0.1) is 0 Å². The molecule has 1 fully saturated rings. The van der Waals surface area contributed by atoms with E-state index in [1.165, 1.54) is 4.90 Å². The highest BCUT2D eigenvalue weighted by atomic mass is 79.9. The Labute approximate surface area is 189 Å². The summed E-state index contributed by atoms with van der Waals surface area (Å²) in [6.07, 6.45) is 0.669. The minimum absolute atomic E-state index is 0.0743. The molecular formula is C23H23BrClNO4. The van der Waals surface area contributed by atoms with E-state index in [9.17, 15) is 14.7 Å². The number of halogens is 2. The molecule has 7 heteroatoms. The van der Waals surface area contributed by atoms with E-state index in [1.54, 1.807) is 24.3 Å². The van der Waals surface area contributed by atoms with Crippen molar-refractivity contribution in [2.45, 2.75) is 32.4 Å². The highest BCUT2D eigenvalue weighted by Crippen LogP contribution is 2.40. The van der Waals surface area contributed by atoms with Gasteiger partial charge in [0, 0.05) is 28.2 Å². The predicted molar refractivity (Wildman–Crippen MR) is 120 cm³/mol. The maximum atomic E-state index is 12.9. The zero-order valence-electron chi connectivity index (χ0n) is 16.8. The van der Waals surface area contributed by atoms with Gasteiger partial charge >= 0.3 is 0 Å². The molecule has 30 heavy (non-hydrogen) atoms. The van der Waals surface area contributed by atoms with E-state index in [0.29, 0.717) is 30.2 Å². The Bertz CT molecular complexity index is 971. The number of aliphatic hydroxyl groups is 1. The number of rotatable bonds is 7. The fourth-order valence-corrected chi connectivity index (χ4v) is 3.99. The molecule has 0 saturated carbocycles. The van der Waals surface area contributed by atoms with E-state index >= 15 is 0 Å². The molecule has 0 spiro atoms. The van der Waals surface area contributed by atoms with Gasteiger partial charge in [-0.2, -0.15) is 0 Å². The van der Waals surface area contributed by atoms with Crippen molar-refractivity contribution in [1.29, 1.82) is 0 Å². The Morgan fingerprint density at radius 3 is 2.53 bits per heavy atom. The van der Waals surface area contributed by atoms with Gasteiger partial charge in [0.1, 0.15) is 5.76 Å². The molecule has 2 aromatic rings. The van der Waals surface area contributed by atoms with Crippen LogP contribution in [-0.4, -0.2) is 41.0 Å². The summed E-state index contributed by atoms with van der Waals surface area (Å²) < 4.78 is 6.39. The molecule has 2 aromatic carbocycles. The van der Waals surface area contributed by atoms with E-state index in [-0.39, 0.29) is 17.4 Å². The quantitative estimate of drug-likeness (QED) is 0.245. The molecule has 5 nitrogen and oxygen atoms in total. The van der Waals surface area contributed by atoms with Crippen molar-refractivity contribution in [1.82, 2.24) is 4.90 Å². The van der Waals surface area contributed by atoms with E-state index in [1.807, 2.05) is 38.1 Å². The summed E-state index contributed by atoms with van der Waals surface area (Å²) >= 11 is 9.39. The van der Waals surface area contributed by atoms with Gasteiger partial charge in [0.25, 0.3) is 11.7 Å². The smallest absolute Gasteiger partial charge is 0.295 e. The summed E-state index contributed by atoms with van der Waals surface area (Å²) in [7, 11) is 0. The van der Waals surface area contributed by atoms with Crippen LogP contribution in [0.25, 0.3) is 5.76 Å². The molecule has 0 aromatic heterocycles. The summed E-state index contributed by atoms with van der Waals surface area (Å²) in [6, 6.07) is 13.2. The van der Waals surface area contributed by atoms with Crippen LogP contribution in [0.5, 0.6) is 0 Å². The van der Waals surface area contributed by atoms with Crippen LogP contribution < -0.4 is 0 Å². The molecular weight excluding hydrogens is 470 g/mol. The predicted octanol–water partition coefficient (Wildman–Crippen LogP) is 5.34. The van der Waals surface area contributed by atoms with Gasteiger partial charge in [-0.25, -0.2) is 0 Å². The van der Waals surface area contributed by atoms with Crippen molar-refractivity contribution in [3.8, 4) is 0 Å². The summed E-state index contributed by atoms with van der Waals surface area (Å²) in [5, 5.41) is 11.5. The molecule has 1 atom stereocenters. The number of ketones is 1. The lowest BCUT2D eigenvalue weighted by molar-refractivity contribution is -0.140. The van der Waals surface area contributed by atoms with Crippen LogP contribution in [0.1, 0.15) is 37.4 Å². The van der Waals surface area contributed by atoms with Crippen LogP contribution in [0.3, 0.4) is 0 Å². The van der Waals surface area contributed by atoms with Crippen molar-refractivity contribution in [2.75, 3.05) is 13.2 Å². The number of amides is 1. The number of hydrogen-bond acceptors (Lipinski definition) is 4. The first-order chi connectivity index (χ1) is 14.3. The molecule has 1 amide bonds. The highest BCUT2D eigenvalue weighted by molar-refractivity contribution is 9.10. The van der Waals surface area contributed by atoms with Gasteiger partial charge in [0.2, 0.25) is 0 Å². The SMILES string of the molecule is CC(C)OCCCN1C(=O)C(=O)C(=C(O)c2ccc(Cl)cc2)[C@H]1c1cccc(Br)c1. The minimum atomic E-state index is -0.697. The van der Waals surface area contributed by atoms with Gasteiger partial charge in [-0.1, -0.05) is 39.7 Å². The van der Waals surface area contributed by atoms with Crippen LogP contribution in [0.15, 0.2) is 58.6 Å². The third kappa shape index (κ3) is 4.94. The van der Waals surface area contributed by atoms with Gasteiger partial charge in [-0.15, -0.1) is 0 Å². The number of hydrogen-bond donors (Lipinski definition) is 1. The Morgan fingerprint density at radius 2 is 1.90 bits per heavy atom. The normalized spacial score (nSPS) is 18.4. The summed E-state index contributed by atoms with van der Waals surface area (Å²) in [4.78, 5) is 27.3. The van der Waals surface area contributed by atoms with Crippen molar-refractivity contribution >= 4 is 45.0 Å². The molecule has 1 saturated heterocycles. The monoisotopic (exact) mass is 491 g/mol. The van der Waals surface area contributed by atoms with E-state index < -0.39 is 17.7 Å². The number of aliphatic hydroxyl groups excluding tert-OH is 1. The molecule has 0 bridgehead atoms. The molecule has 0 radical (unpaired) electrons. The van der Waals surface area contributed by atoms with E-state index in [0.717, 1.165) is 10.0 Å². The number of ether oxygens (including phenoxy) is 1. The zero-order valence-corrected chi connectivity index (χ0v) is 19.1. The van der Waals surface area contributed by atoms with Gasteiger partial charge in [0.05, 0.1) is 17.7 Å².